The summed E-state index contributed by atoms with van der Waals surface area (Å²) in [6, 6.07) is 10.2. The predicted molar refractivity (Wildman–Crippen MR) is 93.3 cm³/mol. The van der Waals surface area contributed by atoms with Gasteiger partial charge in [-0.2, -0.15) is 0 Å². The van der Waals surface area contributed by atoms with Gasteiger partial charge in [-0.25, -0.2) is 9.78 Å². The number of nitrogens with zero attached hydrogens (tertiary/aromatic N) is 1. The number of ether oxygens (including phenoxy) is 1. The Kier molecular flexibility index (Phi) is 4.87. The predicted octanol–water partition coefficient (Wildman–Crippen LogP) is 3.40. The molecular weight excluding hydrogens is 328 g/mol. The van der Waals surface area contributed by atoms with Crippen LogP contribution in [0.15, 0.2) is 36.4 Å². The van der Waals surface area contributed by atoms with Crippen molar-refractivity contribution in [3.63, 3.8) is 0 Å². The van der Waals surface area contributed by atoms with Gasteiger partial charge in [-0.05, 0) is 25.1 Å². The van der Waals surface area contributed by atoms with E-state index < -0.39 is 0 Å². The molecule has 2 heterocycles. The van der Waals surface area contributed by atoms with Crippen LogP contribution in [0.4, 0.5) is 10.6 Å². The molecule has 0 bridgehead atoms. The second-order valence-electron chi connectivity index (χ2n) is 5.68. The van der Waals surface area contributed by atoms with Crippen LogP contribution in [0.3, 0.4) is 0 Å². The molecule has 4 N–H and O–H groups in total. The third kappa shape index (κ3) is 3.60. The van der Waals surface area contributed by atoms with Gasteiger partial charge in [0.05, 0.1) is 23.4 Å². The van der Waals surface area contributed by atoms with Crippen molar-refractivity contribution >= 4 is 23.4 Å². The molecular formula is C17H19ClN4O2. The monoisotopic (exact) mass is 346 g/mol. The molecule has 2 atom stereocenters. The molecule has 0 saturated heterocycles. The molecule has 0 aliphatic carbocycles. The number of aromatic nitrogens is 1. The van der Waals surface area contributed by atoms with Crippen LogP contribution in [0, 0.1) is 0 Å². The lowest BCUT2D eigenvalue weighted by Crippen LogP contribution is -2.35. The van der Waals surface area contributed by atoms with Gasteiger partial charge in [0.25, 0.3) is 0 Å². The van der Waals surface area contributed by atoms with Gasteiger partial charge in [0.1, 0.15) is 11.6 Å². The molecule has 1 unspecified atom stereocenters. The minimum atomic E-state index is -0.331. The number of hydrogen-bond acceptors (Lipinski definition) is 4. The topological polar surface area (TPSA) is 89.3 Å². The van der Waals surface area contributed by atoms with Crippen molar-refractivity contribution in [2.24, 2.45) is 5.73 Å². The Morgan fingerprint density at radius 2 is 2.17 bits per heavy atom. The zero-order valence-corrected chi connectivity index (χ0v) is 14.0. The SMILES string of the molecule is CC(N)c1cccc(NC(=O)N[C@H]2CCOc3c(Cl)cccc32)n1. The van der Waals surface area contributed by atoms with Crippen LogP contribution in [0.2, 0.25) is 5.02 Å². The Morgan fingerprint density at radius 3 is 2.96 bits per heavy atom. The quantitative estimate of drug-likeness (QED) is 0.794. The highest BCUT2D eigenvalue weighted by atomic mass is 35.5. The van der Waals surface area contributed by atoms with Crippen molar-refractivity contribution in [1.82, 2.24) is 10.3 Å². The molecule has 1 aromatic carbocycles. The Morgan fingerprint density at radius 1 is 1.38 bits per heavy atom. The fraction of sp³-hybridized carbons (Fsp3) is 0.294. The standard InChI is InChI=1S/C17H19ClN4O2/c1-10(19)13-6-3-7-15(20-13)22-17(23)21-14-8-9-24-16-11(14)4-2-5-12(16)18/h2-7,10,14H,8-9,19H2,1H3,(H2,20,21,22,23)/t10?,14-/m0/s1. The lowest BCUT2D eigenvalue weighted by Gasteiger charge is -2.27. The molecule has 0 spiro atoms. The van der Waals surface area contributed by atoms with E-state index in [1.165, 1.54) is 0 Å². The van der Waals surface area contributed by atoms with E-state index in [2.05, 4.69) is 15.6 Å². The molecule has 7 heteroatoms. The number of hydrogen-bond donors (Lipinski definition) is 3. The van der Waals surface area contributed by atoms with Gasteiger partial charge in [-0.3, -0.25) is 5.32 Å². The van der Waals surface area contributed by atoms with Crippen LogP contribution in [-0.2, 0) is 0 Å². The number of nitrogens with two attached hydrogens (primary N) is 1. The highest BCUT2D eigenvalue weighted by Gasteiger charge is 2.24. The van der Waals surface area contributed by atoms with E-state index in [9.17, 15) is 4.79 Å². The van der Waals surface area contributed by atoms with Gasteiger partial charge < -0.3 is 15.8 Å². The number of carbonyl (C=O) groups excluding carboxylic acids is 1. The Bertz CT molecular complexity index is 751. The number of para-hydroxylation sites is 1. The Hall–Kier alpha value is -2.31. The first-order valence-corrected chi connectivity index (χ1v) is 8.13. The fourth-order valence-electron chi connectivity index (χ4n) is 2.62. The van der Waals surface area contributed by atoms with E-state index in [0.717, 1.165) is 11.3 Å². The number of rotatable bonds is 3. The van der Waals surface area contributed by atoms with Crippen LogP contribution >= 0.6 is 11.6 Å². The molecule has 0 fully saturated rings. The maximum atomic E-state index is 12.3. The number of halogens is 1. The molecule has 24 heavy (non-hydrogen) atoms. The molecule has 2 amide bonds. The minimum Gasteiger partial charge on any atom is -0.492 e. The van der Waals surface area contributed by atoms with Gasteiger partial charge in [-0.15, -0.1) is 0 Å². The molecule has 1 aliphatic heterocycles. The number of fused-ring (bicyclic) bond motifs is 1. The summed E-state index contributed by atoms with van der Waals surface area (Å²) in [6.45, 7) is 2.34. The number of benzene rings is 1. The average Bonchev–Trinajstić information content (AvgIpc) is 2.56. The zero-order valence-electron chi connectivity index (χ0n) is 13.3. The highest BCUT2D eigenvalue weighted by molar-refractivity contribution is 6.32. The van der Waals surface area contributed by atoms with Gasteiger partial charge in [0.2, 0.25) is 0 Å². The first-order valence-electron chi connectivity index (χ1n) is 7.76. The summed E-state index contributed by atoms with van der Waals surface area (Å²) in [4.78, 5) is 16.6. The summed E-state index contributed by atoms with van der Waals surface area (Å²) in [7, 11) is 0. The van der Waals surface area contributed by atoms with Crippen molar-refractivity contribution < 1.29 is 9.53 Å². The number of anilines is 1. The number of amides is 2. The number of nitrogens with one attached hydrogen (secondary N) is 2. The van der Waals surface area contributed by atoms with Crippen LogP contribution in [-0.4, -0.2) is 17.6 Å². The van der Waals surface area contributed by atoms with Gasteiger partial charge >= 0.3 is 6.03 Å². The fourth-order valence-corrected chi connectivity index (χ4v) is 2.86. The molecule has 126 valence electrons. The van der Waals surface area contributed by atoms with E-state index in [0.29, 0.717) is 29.6 Å². The molecule has 2 aromatic rings. The first-order chi connectivity index (χ1) is 11.5. The number of pyridine rings is 1. The average molecular weight is 347 g/mol. The molecule has 0 radical (unpaired) electrons. The van der Waals surface area contributed by atoms with E-state index in [1.807, 2.05) is 31.2 Å². The van der Waals surface area contributed by atoms with Crippen LogP contribution in [0.25, 0.3) is 0 Å². The van der Waals surface area contributed by atoms with E-state index >= 15 is 0 Å². The van der Waals surface area contributed by atoms with Crippen molar-refractivity contribution in [1.29, 1.82) is 0 Å². The van der Waals surface area contributed by atoms with E-state index in [-0.39, 0.29) is 18.1 Å². The summed E-state index contributed by atoms with van der Waals surface area (Å²) in [5.41, 5.74) is 7.41. The summed E-state index contributed by atoms with van der Waals surface area (Å²) < 4.78 is 5.60. The van der Waals surface area contributed by atoms with Crippen LogP contribution in [0.5, 0.6) is 5.75 Å². The van der Waals surface area contributed by atoms with Gasteiger partial charge in [0.15, 0.2) is 0 Å². The largest absolute Gasteiger partial charge is 0.492 e. The smallest absolute Gasteiger partial charge is 0.320 e. The third-order valence-electron chi connectivity index (χ3n) is 3.81. The number of urea groups is 1. The summed E-state index contributed by atoms with van der Waals surface area (Å²) in [6.07, 6.45) is 0.675. The first kappa shape index (κ1) is 16.5. The van der Waals surface area contributed by atoms with Crippen molar-refractivity contribution in [3.8, 4) is 5.75 Å². The molecule has 1 aromatic heterocycles. The second kappa shape index (κ2) is 7.07. The van der Waals surface area contributed by atoms with Crippen molar-refractivity contribution in [2.45, 2.75) is 25.4 Å². The summed E-state index contributed by atoms with van der Waals surface area (Å²) in [5.74, 6) is 1.09. The normalized spacial score (nSPS) is 17.4. The van der Waals surface area contributed by atoms with Crippen LogP contribution < -0.4 is 21.1 Å². The lowest BCUT2D eigenvalue weighted by atomic mass is 10.0. The van der Waals surface area contributed by atoms with E-state index in [1.54, 1.807) is 12.1 Å². The maximum Gasteiger partial charge on any atom is 0.320 e. The molecule has 0 saturated carbocycles. The maximum absolute atomic E-state index is 12.3. The highest BCUT2D eigenvalue weighted by Crippen LogP contribution is 2.37. The molecule has 3 rings (SSSR count). The van der Waals surface area contributed by atoms with Gasteiger partial charge in [0, 0.05) is 18.0 Å². The Labute approximate surface area is 145 Å². The van der Waals surface area contributed by atoms with Crippen LogP contribution in [0.1, 0.15) is 36.7 Å². The molecule has 6 nitrogen and oxygen atoms in total. The second-order valence-corrected chi connectivity index (χ2v) is 6.09. The summed E-state index contributed by atoms with van der Waals surface area (Å²) in [5, 5.41) is 6.23. The van der Waals surface area contributed by atoms with Crippen molar-refractivity contribution in [2.75, 3.05) is 11.9 Å². The molecule has 1 aliphatic rings. The Balaban J connectivity index is 1.70. The van der Waals surface area contributed by atoms with E-state index in [4.69, 9.17) is 22.1 Å². The summed E-state index contributed by atoms with van der Waals surface area (Å²) >= 11 is 6.15. The van der Waals surface area contributed by atoms with Gasteiger partial charge in [-0.1, -0.05) is 29.8 Å². The zero-order chi connectivity index (χ0) is 17.1. The third-order valence-corrected chi connectivity index (χ3v) is 4.11. The number of carbonyl (C=O) groups is 1. The minimum absolute atomic E-state index is 0.163. The lowest BCUT2D eigenvalue weighted by molar-refractivity contribution is 0.232. The van der Waals surface area contributed by atoms with Crippen molar-refractivity contribution in [3.05, 3.63) is 52.7 Å².